The van der Waals surface area contributed by atoms with E-state index in [9.17, 15) is 18.0 Å². The van der Waals surface area contributed by atoms with Crippen molar-refractivity contribution in [1.29, 1.82) is 0 Å². The Labute approximate surface area is 113 Å². The van der Waals surface area contributed by atoms with Gasteiger partial charge < -0.3 is 4.74 Å². The molecule has 0 N–H and O–H groups in total. The van der Waals surface area contributed by atoms with E-state index in [1.807, 2.05) is 0 Å². The van der Waals surface area contributed by atoms with Crippen molar-refractivity contribution in [2.24, 2.45) is 0 Å². The number of alkyl halides is 3. The van der Waals surface area contributed by atoms with Gasteiger partial charge in [-0.25, -0.2) is 0 Å². The molecule has 0 unspecified atom stereocenters. The number of aldehydes is 1. The Morgan fingerprint density at radius 2 is 1.75 bits per heavy atom. The largest absolute Gasteiger partial charge is 0.456 e. The van der Waals surface area contributed by atoms with Gasteiger partial charge in [0.05, 0.1) is 11.1 Å². The Bertz CT molecular complexity index is 633. The SMILES string of the molecule is Cc1ccccc1Oc1cc(C(F)(F)F)ccc1C=O. The minimum Gasteiger partial charge on any atom is -0.456 e. The van der Waals surface area contributed by atoms with Crippen LogP contribution in [0, 0.1) is 6.92 Å². The van der Waals surface area contributed by atoms with Crippen molar-refractivity contribution in [3.8, 4) is 11.5 Å². The topological polar surface area (TPSA) is 26.3 Å². The molecule has 5 heteroatoms. The summed E-state index contributed by atoms with van der Waals surface area (Å²) in [5.74, 6) is 0.305. The van der Waals surface area contributed by atoms with Crippen molar-refractivity contribution in [2.45, 2.75) is 13.1 Å². The van der Waals surface area contributed by atoms with E-state index < -0.39 is 11.7 Å². The van der Waals surface area contributed by atoms with E-state index >= 15 is 0 Å². The molecule has 0 radical (unpaired) electrons. The lowest BCUT2D eigenvalue weighted by atomic mass is 10.1. The molecule has 2 aromatic rings. The molecule has 0 spiro atoms. The number of carbonyl (C=O) groups excluding carboxylic acids is 1. The van der Waals surface area contributed by atoms with Crippen molar-refractivity contribution in [2.75, 3.05) is 0 Å². The van der Waals surface area contributed by atoms with Crippen LogP contribution < -0.4 is 4.74 Å². The van der Waals surface area contributed by atoms with Crippen LogP contribution in [0.1, 0.15) is 21.5 Å². The van der Waals surface area contributed by atoms with Crippen molar-refractivity contribution >= 4 is 6.29 Å². The lowest BCUT2D eigenvalue weighted by Gasteiger charge is -2.13. The molecule has 0 saturated carbocycles. The monoisotopic (exact) mass is 280 g/mol. The fourth-order valence-corrected chi connectivity index (χ4v) is 1.69. The normalized spacial score (nSPS) is 11.2. The van der Waals surface area contributed by atoms with E-state index in [2.05, 4.69) is 0 Å². The minimum atomic E-state index is -4.48. The standard InChI is InChI=1S/C15H11F3O2/c1-10-4-2-3-5-13(10)20-14-8-12(15(16,17)18)7-6-11(14)9-19/h2-9H,1H3. The van der Waals surface area contributed by atoms with Crippen LogP contribution in [0.2, 0.25) is 0 Å². The molecule has 0 saturated heterocycles. The third-order valence-electron chi connectivity index (χ3n) is 2.78. The van der Waals surface area contributed by atoms with E-state index in [1.54, 1.807) is 31.2 Å². The first kappa shape index (κ1) is 14.1. The third kappa shape index (κ3) is 2.99. The summed E-state index contributed by atoms with van der Waals surface area (Å²) in [6, 6.07) is 9.67. The predicted molar refractivity (Wildman–Crippen MR) is 68.1 cm³/mol. The van der Waals surface area contributed by atoms with E-state index in [0.717, 1.165) is 23.8 Å². The van der Waals surface area contributed by atoms with Gasteiger partial charge in [-0.3, -0.25) is 4.79 Å². The molecule has 0 atom stereocenters. The summed E-state index contributed by atoms with van der Waals surface area (Å²) >= 11 is 0. The molecule has 2 rings (SSSR count). The lowest BCUT2D eigenvalue weighted by molar-refractivity contribution is -0.137. The van der Waals surface area contributed by atoms with E-state index in [0.29, 0.717) is 12.0 Å². The highest BCUT2D eigenvalue weighted by Crippen LogP contribution is 2.34. The molecule has 0 aliphatic rings. The number of ether oxygens (including phenoxy) is 1. The highest BCUT2D eigenvalue weighted by molar-refractivity contribution is 5.79. The van der Waals surface area contributed by atoms with Crippen LogP contribution >= 0.6 is 0 Å². The second-order valence-corrected chi connectivity index (χ2v) is 4.24. The summed E-state index contributed by atoms with van der Waals surface area (Å²) in [5, 5.41) is 0. The summed E-state index contributed by atoms with van der Waals surface area (Å²) in [7, 11) is 0. The van der Waals surface area contributed by atoms with Crippen molar-refractivity contribution in [3.05, 3.63) is 59.2 Å². The van der Waals surface area contributed by atoms with Crippen LogP contribution in [0.3, 0.4) is 0 Å². The number of carbonyl (C=O) groups is 1. The zero-order valence-corrected chi connectivity index (χ0v) is 10.6. The van der Waals surface area contributed by atoms with Gasteiger partial charge in [0.1, 0.15) is 11.5 Å². The quantitative estimate of drug-likeness (QED) is 0.767. The summed E-state index contributed by atoms with van der Waals surface area (Å²) < 4.78 is 43.5. The Hall–Kier alpha value is -2.30. The van der Waals surface area contributed by atoms with Gasteiger partial charge in [-0.15, -0.1) is 0 Å². The predicted octanol–water partition coefficient (Wildman–Crippen LogP) is 4.62. The first-order valence-electron chi connectivity index (χ1n) is 5.81. The first-order chi connectivity index (χ1) is 9.41. The summed E-state index contributed by atoms with van der Waals surface area (Å²) in [4.78, 5) is 10.9. The second kappa shape index (κ2) is 5.36. The van der Waals surface area contributed by atoms with Crippen molar-refractivity contribution in [1.82, 2.24) is 0 Å². The van der Waals surface area contributed by atoms with Gasteiger partial charge >= 0.3 is 6.18 Å². The maximum Gasteiger partial charge on any atom is 0.416 e. The van der Waals surface area contributed by atoms with Gasteiger partial charge in [0.25, 0.3) is 0 Å². The highest BCUT2D eigenvalue weighted by Gasteiger charge is 2.31. The number of aryl methyl sites for hydroxylation is 1. The Kier molecular flexibility index (Phi) is 3.79. The van der Waals surface area contributed by atoms with E-state index in [1.165, 1.54) is 0 Å². The van der Waals surface area contributed by atoms with Crippen LogP contribution in [0.25, 0.3) is 0 Å². The molecule has 20 heavy (non-hydrogen) atoms. The number of benzene rings is 2. The molecule has 0 amide bonds. The first-order valence-corrected chi connectivity index (χ1v) is 5.81. The Morgan fingerprint density at radius 3 is 2.35 bits per heavy atom. The fourth-order valence-electron chi connectivity index (χ4n) is 1.69. The highest BCUT2D eigenvalue weighted by atomic mass is 19.4. The number of hydrogen-bond acceptors (Lipinski definition) is 2. The van der Waals surface area contributed by atoms with Crippen molar-refractivity contribution < 1.29 is 22.7 Å². The summed E-state index contributed by atoms with van der Waals surface area (Å²) in [6.45, 7) is 1.77. The van der Waals surface area contributed by atoms with Gasteiger partial charge in [-0.2, -0.15) is 13.2 Å². The fraction of sp³-hybridized carbons (Fsp3) is 0.133. The van der Waals surface area contributed by atoms with Crippen LogP contribution in [0.15, 0.2) is 42.5 Å². The Morgan fingerprint density at radius 1 is 1.05 bits per heavy atom. The molecular weight excluding hydrogens is 269 g/mol. The molecule has 0 fully saturated rings. The number of para-hydroxylation sites is 1. The third-order valence-corrected chi connectivity index (χ3v) is 2.78. The van der Waals surface area contributed by atoms with Gasteiger partial charge in [0, 0.05) is 0 Å². The minimum absolute atomic E-state index is 0.0706. The molecule has 2 nitrogen and oxygen atoms in total. The van der Waals surface area contributed by atoms with Gasteiger partial charge in [-0.05, 0) is 36.8 Å². The van der Waals surface area contributed by atoms with Crippen LogP contribution in [0.5, 0.6) is 11.5 Å². The van der Waals surface area contributed by atoms with E-state index in [-0.39, 0.29) is 11.3 Å². The van der Waals surface area contributed by atoms with Crippen LogP contribution in [-0.2, 0) is 6.18 Å². The molecule has 0 aliphatic heterocycles. The zero-order chi connectivity index (χ0) is 14.8. The van der Waals surface area contributed by atoms with Gasteiger partial charge in [0.2, 0.25) is 0 Å². The average molecular weight is 280 g/mol. The van der Waals surface area contributed by atoms with E-state index in [4.69, 9.17) is 4.74 Å². The van der Waals surface area contributed by atoms with Crippen LogP contribution in [-0.4, -0.2) is 6.29 Å². The number of halogens is 3. The number of hydrogen-bond donors (Lipinski definition) is 0. The molecule has 0 bridgehead atoms. The average Bonchev–Trinajstić information content (AvgIpc) is 2.40. The molecule has 104 valence electrons. The molecule has 0 aliphatic carbocycles. The summed E-state index contributed by atoms with van der Waals surface area (Å²) in [5.41, 5.74) is -0.0188. The number of rotatable bonds is 3. The molecule has 2 aromatic carbocycles. The zero-order valence-electron chi connectivity index (χ0n) is 10.6. The molecular formula is C15H11F3O2. The second-order valence-electron chi connectivity index (χ2n) is 4.24. The van der Waals surface area contributed by atoms with Gasteiger partial charge in [-0.1, -0.05) is 18.2 Å². The maximum atomic E-state index is 12.7. The lowest BCUT2D eigenvalue weighted by Crippen LogP contribution is -2.05. The maximum absolute atomic E-state index is 12.7. The summed E-state index contributed by atoms with van der Waals surface area (Å²) in [6.07, 6.45) is -4.01. The van der Waals surface area contributed by atoms with Crippen LogP contribution in [0.4, 0.5) is 13.2 Å². The van der Waals surface area contributed by atoms with Gasteiger partial charge in [0.15, 0.2) is 6.29 Å². The Balaban J connectivity index is 2.44. The molecule has 0 aromatic heterocycles. The smallest absolute Gasteiger partial charge is 0.416 e. The van der Waals surface area contributed by atoms with Crippen molar-refractivity contribution in [3.63, 3.8) is 0 Å². The molecule has 0 heterocycles.